The van der Waals surface area contributed by atoms with Crippen LogP contribution >= 0.6 is 11.3 Å². The first-order chi connectivity index (χ1) is 10.2. The smallest absolute Gasteiger partial charge is 0.242 e. The Balaban J connectivity index is 1.81. The summed E-state index contributed by atoms with van der Waals surface area (Å²) in [4.78, 5) is 19.2. The van der Waals surface area contributed by atoms with Crippen LogP contribution in [-0.2, 0) is 17.6 Å². The Hall–Kier alpha value is -1.72. The van der Waals surface area contributed by atoms with Crippen LogP contribution in [0.1, 0.15) is 28.5 Å². The fourth-order valence-electron chi connectivity index (χ4n) is 2.76. The summed E-state index contributed by atoms with van der Waals surface area (Å²) in [6.45, 7) is 0.0212. The molecular formula is C16H19N3OS. The summed E-state index contributed by atoms with van der Waals surface area (Å²) in [6, 6.07) is 10.6. The summed E-state index contributed by atoms with van der Waals surface area (Å²) in [5.41, 5.74) is 7.96. The minimum Gasteiger partial charge on any atom is -0.322 e. The van der Waals surface area contributed by atoms with E-state index in [4.69, 9.17) is 5.73 Å². The van der Waals surface area contributed by atoms with Gasteiger partial charge in [-0.1, -0.05) is 30.3 Å². The minimum atomic E-state index is -0.0966. The molecule has 0 aliphatic heterocycles. The van der Waals surface area contributed by atoms with Gasteiger partial charge < -0.3 is 5.73 Å². The average molecular weight is 301 g/mol. The summed E-state index contributed by atoms with van der Waals surface area (Å²) in [5, 5.41) is 0.768. The van der Waals surface area contributed by atoms with E-state index in [0.29, 0.717) is 5.92 Å². The van der Waals surface area contributed by atoms with Gasteiger partial charge in [0.15, 0.2) is 5.13 Å². The molecule has 110 valence electrons. The number of aryl methyl sites for hydroxylation is 1. The Kier molecular flexibility index (Phi) is 4.03. The van der Waals surface area contributed by atoms with Gasteiger partial charge in [-0.3, -0.25) is 9.69 Å². The van der Waals surface area contributed by atoms with E-state index in [1.807, 2.05) is 0 Å². The Labute approximate surface area is 128 Å². The monoisotopic (exact) mass is 301 g/mol. The predicted octanol–water partition coefficient (Wildman–Crippen LogP) is 2.34. The molecule has 0 fully saturated rings. The lowest BCUT2D eigenvalue weighted by molar-refractivity contribution is -0.117. The molecule has 1 aliphatic carbocycles. The summed E-state index contributed by atoms with van der Waals surface area (Å²) < 4.78 is 0. The molecule has 1 atom stereocenters. The summed E-state index contributed by atoms with van der Waals surface area (Å²) >= 11 is 1.62. The molecule has 1 unspecified atom stereocenters. The number of carbonyl (C=O) groups is 1. The van der Waals surface area contributed by atoms with Crippen molar-refractivity contribution in [1.82, 2.24) is 4.98 Å². The highest BCUT2D eigenvalue weighted by atomic mass is 32.1. The number of hydrogen-bond acceptors (Lipinski definition) is 4. The van der Waals surface area contributed by atoms with Gasteiger partial charge in [0.05, 0.1) is 12.2 Å². The topological polar surface area (TPSA) is 59.2 Å². The number of rotatable bonds is 3. The van der Waals surface area contributed by atoms with Crippen LogP contribution in [0.25, 0.3) is 0 Å². The predicted molar refractivity (Wildman–Crippen MR) is 85.8 cm³/mol. The van der Waals surface area contributed by atoms with E-state index in [-0.39, 0.29) is 12.5 Å². The van der Waals surface area contributed by atoms with Gasteiger partial charge in [-0.25, -0.2) is 4.98 Å². The van der Waals surface area contributed by atoms with E-state index < -0.39 is 0 Å². The van der Waals surface area contributed by atoms with Crippen molar-refractivity contribution in [3.63, 3.8) is 0 Å². The van der Waals surface area contributed by atoms with Crippen LogP contribution in [0, 0.1) is 0 Å². The van der Waals surface area contributed by atoms with Gasteiger partial charge in [0.2, 0.25) is 5.91 Å². The molecule has 3 rings (SSSR count). The van der Waals surface area contributed by atoms with Crippen molar-refractivity contribution in [3.05, 3.63) is 46.5 Å². The fraction of sp³-hybridized carbons (Fsp3) is 0.375. The molecule has 0 bridgehead atoms. The molecule has 0 radical (unpaired) electrons. The minimum absolute atomic E-state index is 0.0212. The zero-order chi connectivity index (χ0) is 14.8. The standard InChI is InChI=1S/C16H19N3OS/c1-19(15(20)10-17)16-18-13-8-7-12(9-14(13)21-16)11-5-3-2-4-6-11/h2-6,12H,7-10,17H2,1H3. The lowest BCUT2D eigenvalue weighted by Crippen LogP contribution is -2.32. The third-order valence-corrected chi connectivity index (χ3v) is 5.23. The maximum absolute atomic E-state index is 11.7. The van der Waals surface area contributed by atoms with Crippen LogP contribution in [0.5, 0.6) is 0 Å². The van der Waals surface area contributed by atoms with Crippen LogP contribution < -0.4 is 10.6 Å². The lowest BCUT2D eigenvalue weighted by Gasteiger charge is -2.21. The van der Waals surface area contributed by atoms with E-state index >= 15 is 0 Å². The first-order valence-electron chi connectivity index (χ1n) is 7.19. The average Bonchev–Trinajstić information content (AvgIpc) is 2.97. The molecule has 1 aliphatic rings. The first-order valence-corrected chi connectivity index (χ1v) is 8.01. The number of benzene rings is 1. The Morgan fingerprint density at radius 2 is 2.19 bits per heavy atom. The van der Waals surface area contributed by atoms with Crippen LogP contribution in [-0.4, -0.2) is 24.5 Å². The van der Waals surface area contributed by atoms with Crippen LogP contribution in [0.4, 0.5) is 5.13 Å². The zero-order valence-corrected chi connectivity index (χ0v) is 12.9. The molecule has 1 aromatic carbocycles. The molecule has 1 heterocycles. The van der Waals surface area contributed by atoms with E-state index in [9.17, 15) is 4.79 Å². The zero-order valence-electron chi connectivity index (χ0n) is 12.1. The Bertz CT molecular complexity index is 638. The van der Waals surface area contributed by atoms with E-state index in [1.54, 1.807) is 23.3 Å². The largest absolute Gasteiger partial charge is 0.322 e. The Morgan fingerprint density at radius 1 is 1.43 bits per heavy atom. The molecular weight excluding hydrogens is 282 g/mol. The molecule has 0 spiro atoms. The van der Waals surface area contributed by atoms with Crippen molar-refractivity contribution in [3.8, 4) is 0 Å². The number of likely N-dealkylation sites (N-methyl/N-ethyl adjacent to an activating group) is 1. The van der Waals surface area contributed by atoms with Crippen molar-refractivity contribution in [2.24, 2.45) is 5.73 Å². The second-order valence-corrected chi connectivity index (χ2v) is 6.44. The second kappa shape index (κ2) is 5.95. The first kappa shape index (κ1) is 14.2. The van der Waals surface area contributed by atoms with Gasteiger partial charge in [-0.2, -0.15) is 0 Å². The maximum atomic E-state index is 11.7. The van der Waals surface area contributed by atoms with Crippen molar-refractivity contribution in [2.75, 3.05) is 18.5 Å². The number of anilines is 1. The highest BCUT2D eigenvalue weighted by Gasteiger charge is 2.25. The number of nitrogens with two attached hydrogens (primary N) is 1. The number of thiazole rings is 1. The molecule has 21 heavy (non-hydrogen) atoms. The summed E-state index contributed by atoms with van der Waals surface area (Å²) in [7, 11) is 1.74. The maximum Gasteiger partial charge on any atom is 0.242 e. The molecule has 2 N–H and O–H groups in total. The molecule has 2 aromatic rings. The van der Waals surface area contributed by atoms with Gasteiger partial charge >= 0.3 is 0 Å². The van der Waals surface area contributed by atoms with Crippen molar-refractivity contribution >= 4 is 22.4 Å². The van der Waals surface area contributed by atoms with Gasteiger partial charge in [0.1, 0.15) is 0 Å². The van der Waals surface area contributed by atoms with Gasteiger partial charge in [-0.15, -0.1) is 11.3 Å². The second-order valence-electron chi connectivity index (χ2n) is 5.37. The number of nitrogens with zero attached hydrogens (tertiary/aromatic N) is 2. The van der Waals surface area contributed by atoms with Crippen LogP contribution in [0.3, 0.4) is 0 Å². The quantitative estimate of drug-likeness (QED) is 0.946. The van der Waals surface area contributed by atoms with Gasteiger partial charge in [-0.05, 0) is 30.7 Å². The van der Waals surface area contributed by atoms with Crippen LogP contribution in [0.2, 0.25) is 0 Å². The van der Waals surface area contributed by atoms with Crippen LogP contribution in [0.15, 0.2) is 30.3 Å². The lowest BCUT2D eigenvalue weighted by atomic mass is 9.85. The number of hydrogen-bond donors (Lipinski definition) is 1. The highest BCUT2D eigenvalue weighted by molar-refractivity contribution is 7.15. The summed E-state index contributed by atoms with van der Waals surface area (Å²) in [6.07, 6.45) is 3.12. The Morgan fingerprint density at radius 3 is 2.90 bits per heavy atom. The number of fused-ring (bicyclic) bond motifs is 1. The number of aromatic nitrogens is 1. The van der Waals surface area contributed by atoms with Gasteiger partial charge in [0.25, 0.3) is 0 Å². The number of amides is 1. The molecule has 4 nitrogen and oxygen atoms in total. The van der Waals surface area contributed by atoms with E-state index in [1.165, 1.54) is 10.4 Å². The highest BCUT2D eigenvalue weighted by Crippen LogP contribution is 2.37. The normalized spacial score (nSPS) is 17.3. The molecule has 1 amide bonds. The van der Waals surface area contributed by atoms with Crippen molar-refractivity contribution in [2.45, 2.75) is 25.2 Å². The van der Waals surface area contributed by atoms with E-state index in [2.05, 4.69) is 35.3 Å². The van der Waals surface area contributed by atoms with Gasteiger partial charge in [0, 0.05) is 11.9 Å². The van der Waals surface area contributed by atoms with E-state index in [0.717, 1.165) is 30.1 Å². The third-order valence-electron chi connectivity index (χ3n) is 4.03. The molecule has 1 aromatic heterocycles. The SMILES string of the molecule is CN(C(=O)CN)c1nc2c(s1)CC(c1ccccc1)CC2. The molecule has 0 saturated heterocycles. The third kappa shape index (κ3) is 2.84. The fourth-order valence-corrected chi connectivity index (χ4v) is 3.92. The molecule has 5 heteroatoms. The van der Waals surface area contributed by atoms with Crippen molar-refractivity contribution in [1.29, 1.82) is 0 Å². The summed E-state index contributed by atoms with van der Waals surface area (Å²) in [5.74, 6) is 0.461. The number of carbonyl (C=O) groups excluding carboxylic acids is 1. The van der Waals surface area contributed by atoms with Crippen molar-refractivity contribution < 1.29 is 4.79 Å². The molecule has 0 saturated carbocycles.